The predicted molar refractivity (Wildman–Crippen MR) is 91.6 cm³/mol. The Kier molecular flexibility index (Phi) is 5.10. The molecule has 0 atom stereocenters. The molecule has 0 aliphatic heterocycles. The standard InChI is InChI=1S/C15H21N5OS/c1-15(2,9-21)20-13-11(16)12(17)18-14(19-13)22-8-10-6-4-3-5-7-10/h3-7,21H,8-9,16H2,1-2H3,(H3,17,18,19,20). The SMILES string of the molecule is CC(C)(CO)Nc1nc(SCc2ccccc2)nc(N)c1N. The molecule has 0 radical (unpaired) electrons. The van der Waals surface area contributed by atoms with E-state index in [1.165, 1.54) is 17.3 Å². The highest BCUT2D eigenvalue weighted by Gasteiger charge is 2.20. The molecule has 0 bridgehead atoms. The van der Waals surface area contributed by atoms with Gasteiger partial charge in [0.25, 0.3) is 0 Å². The Bertz CT molecular complexity index is 633. The number of aromatic nitrogens is 2. The minimum absolute atomic E-state index is 0.0527. The summed E-state index contributed by atoms with van der Waals surface area (Å²) in [6, 6.07) is 10.0. The Balaban J connectivity index is 2.17. The lowest BCUT2D eigenvalue weighted by Crippen LogP contribution is -2.35. The Morgan fingerprint density at radius 2 is 1.86 bits per heavy atom. The zero-order valence-electron chi connectivity index (χ0n) is 12.7. The predicted octanol–water partition coefficient (Wildman–Crippen LogP) is 2.12. The molecule has 0 aliphatic carbocycles. The highest BCUT2D eigenvalue weighted by molar-refractivity contribution is 7.98. The topological polar surface area (TPSA) is 110 Å². The van der Waals surface area contributed by atoms with Crippen molar-refractivity contribution in [1.82, 2.24) is 9.97 Å². The summed E-state index contributed by atoms with van der Waals surface area (Å²) >= 11 is 1.48. The van der Waals surface area contributed by atoms with Crippen molar-refractivity contribution < 1.29 is 5.11 Å². The summed E-state index contributed by atoms with van der Waals surface area (Å²) in [5.41, 5.74) is 12.7. The van der Waals surface area contributed by atoms with Gasteiger partial charge in [-0.2, -0.15) is 0 Å². The third-order valence-electron chi connectivity index (χ3n) is 3.02. The van der Waals surface area contributed by atoms with E-state index in [9.17, 15) is 5.11 Å². The van der Waals surface area contributed by atoms with E-state index >= 15 is 0 Å². The van der Waals surface area contributed by atoms with Gasteiger partial charge < -0.3 is 21.9 Å². The second-order valence-corrected chi connectivity index (χ2v) is 6.54. The molecule has 2 aromatic rings. The molecular weight excluding hydrogens is 298 g/mol. The zero-order valence-corrected chi connectivity index (χ0v) is 13.5. The van der Waals surface area contributed by atoms with Crippen LogP contribution in [0.5, 0.6) is 0 Å². The van der Waals surface area contributed by atoms with Crippen LogP contribution >= 0.6 is 11.8 Å². The first-order valence-electron chi connectivity index (χ1n) is 6.90. The van der Waals surface area contributed by atoms with Gasteiger partial charge in [0.15, 0.2) is 16.8 Å². The monoisotopic (exact) mass is 319 g/mol. The number of nitrogens with one attached hydrogen (secondary N) is 1. The fourth-order valence-corrected chi connectivity index (χ4v) is 2.51. The Morgan fingerprint density at radius 1 is 1.18 bits per heavy atom. The summed E-state index contributed by atoms with van der Waals surface area (Å²) in [5.74, 6) is 1.43. The Morgan fingerprint density at radius 3 is 2.50 bits per heavy atom. The van der Waals surface area contributed by atoms with Crippen LogP contribution in [0.2, 0.25) is 0 Å². The van der Waals surface area contributed by atoms with Crippen LogP contribution in [-0.4, -0.2) is 27.2 Å². The molecule has 2 rings (SSSR count). The van der Waals surface area contributed by atoms with E-state index in [4.69, 9.17) is 11.5 Å². The number of nitrogens with two attached hydrogens (primary N) is 2. The van der Waals surface area contributed by atoms with Crippen molar-refractivity contribution in [2.24, 2.45) is 0 Å². The first kappa shape index (κ1) is 16.4. The number of nitrogen functional groups attached to an aromatic ring is 2. The molecule has 0 saturated carbocycles. The van der Waals surface area contributed by atoms with E-state index in [1.807, 2.05) is 44.2 Å². The van der Waals surface area contributed by atoms with Gasteiger partial charge in [0.05, 0.1) is 12.1 Å². The minimum Gasteiger partial charge on any atom is -0.394 e. The molecule has 0 saturated heterocycles. The number of hydrogen-bond donors (Lipinski definition) is 4. The van der Waals surface area contributed by atoms with Crippen molar-refractivity contribution in [3.05, 3.63) is 35.9 Å². The number of rotatable bonds is 6. The molecule has 22 heavy (non-hydrogen) atoms. The van der Waals surface area contributed by atoms with E-state index in [0.717, 1.165) is 5.75 Å². The summed E-state index contributed by atoms with van der Waals surface area (Å²) < 4.78 is 0. The molecule has 0 unspecified atom stereocenters. The minimum atomic E-state index is -0.545. The lowest BCUT2D eigenvalue weighted by Gasteiger charge is -2.25. The molecule has 1 aromatic carbocycles. The highest BCUT2D eigenvalue weighted by Crippen LogP contribution is 2.28. The van der Waals surface area contributed by atoms with Crippen molar-refractivity contribution in [2.75, 3.05) is 23.4 Å². The summed E-state index contributed by atoms with van der Waals surface area (Å²) in [7, 11) is 0. The molecule has 0 fully saturated rings. The maximum Gasteiger partial charge on any atom is 0.191 e. The molecule has 1 heterocycles. The van der Waals surface area contributed by atoms with Gasteiger partial charge >= 0.3 is 0 Å². The molecule has 0 amide bonds. The van der Waals surface area contributed by atoms with Crippen molar-refractivity contribution in [3.8, 4) is 0 Å². The quantitative estimate of drug-likeness (QED) is 0.477. The third-order valence-corrected chi connectivity index (χ3v) is 3.94. The third kappa shape index (κ3) is 4.25. The molecule has 0 aliphatic rings. The zero-order chi connectivity index (χ0) is 16.2. The van der Waals surface area contributed by atoms with Gasteiger partial charge in [-0.05, 0) is 19.4 Å². The van der Waals surface area contributed by atoms with Crippen molar-refractivity contribution >= 4 is 29.1 Å². The van der Waals surface area contributed by atoms with Crippen molar-refractivity contribution in [1.29, 1.82) is 0 Å². The number of benzene rings is 1. The average molecular weight is 319 g/mol. The van der Waals surface area contributed by atoms with Crippen LogP contribution in [0.15, 0.2) is 35.5 Å². The molecule has 0 spiro atoms. The van der Waals surface area contributed by atoms with Crippen LogP contribution in [0, 0.1) is 0 Å². The van der Waals surface area contributed by atoms with Crippen molar-refractivity contribution in [2.45, 2.75) is 30.3 Å². The highest BCUT2D eigenvalue weighted by atomic mass is 32.2. The maximum atomic E-state index is 9.35. The summed E-state index contributed by atoms with van der Waals surface area (Å²) in [6.07, 6.45) is 0. The lowest BCUT2D eigenvalue weighted by molar-refractivity contribution is 0.234. The van der Waals surface area contributed by atoms with Crippen LogP contribution in [0.25, 0.3) is 0 Å². The first-order valence-corrected chi connectivity index (χ1v) is 7.88. The number of thioether (sulfide) groups is 1. The molecule has 7 heteroatoms. The summed E-state index contributed by atoms with van der Waals surface area (Å²) in [6.45, 7) is 3.64. The van der Waals surface area contributed by atoms with Gasteiger partial charge in [-0.1, -0.05) is 42.1 Å². The largest absolute Gasteiger partial charge is 0.394 e. The van der Waals surface area contributed by atoms with Crippen LogP contribution in [0.1, 0.15) is 19.4 Å². The van der Waals surface area contributed by atoms with Gasteiger partial charge in [0, 0.05) is 5.75 Å². The van der Waals surface area contributed by atoms with Crippen LogP contribution in [-0.2, 0) is 5.75 Å². The van der Waals surface area contributed by atoms with E-state index in [2.05, 4.69) is 15.3 Å². The molecule has 6 N–H and O–H groups in total. The number of anilines is 3. The van der Waals surface area contributed by atoms with Gasteiger partial charge in [0.1, 0.15) is 5.69 Å². The van der Waals surface area contributed by atoms with Crippen molar-refractivity contribution in [3.63, 3.8) is 0 Å². The fourth-order valence-electron chi connectivity index (χ4n) is 1.71. The molecule has 6 nitrogen and oxygen atoms in total. The smallest absolute Gasteiger partial charge is 0.191 e. The number of nitrogens with zero attached hydrogens (tertiary/aromatic N) is 2. The molecule has 1 aromatic heterocycles. The van der Waals surface area contributed by atoms with Gasteiger partial charge in [-0.15, -0.1) is 0 Å². The summed E-state index contributed by atoms with van der Waals surface area (Å²) in [5, 5.41) is 13.0. The Hall–Kier alpha value is -1.99. The number of aliphatic hydroxyl groups excluding tert-OH is 1. The van der Waals surface area contributed by atoms with Crippen LogP contribution in [0.4, 0.5) is 17.3 Å². The maximum absolute atomic E-state index is 9.35. The van der Waals surface area contributed by atoms with Gasteiger partial charge in [0.2, 0.25) is 0 Å². The number of aliphatic hydroxyl groups is 1. The van der Waals surface area contributed by atoms with Crippen LogP contribution < -0.4 is 16.8 Å². The fraction of sp³-hybridized carbons (Fsp3) is 0.333. The normalized spacial score (nSPS) is 11.4. The molecular formula is C15H21N5OS. The number of hydrogen-bond acceptors (Lipinski definition) is 7. The van der Waals surface area contributed by atoms with E-state index < -0.39 is 5.54 Å². The summed E-state index contributed by atoms with van der Waals surface area (Å²) in [4.78, 5) is 8.61. The van der Waals surface area contributed by atoms with E-state index in [1.54, 1.807) is 0 Å². The van der Waals surface area contributed by atoms with E-state index in [0.29, 0.717) is 16.7 Å². The Labute approximate surface area is 134 Å². The average Bonchev–Trinajstić information content (AvgIpc) is 2.51. The van der Waals surface area contributed by atoms with Gasteiger partial charge in [-0.25, -0.2) is 9.97 Å². The second kappa shape index (κ2) is 6.85. The van der Waals surface area contributed by atoms with E-state index in [-0.39, 0.29) is 12.4 Å². The second-order valence-electron chi connectivity index (χ2n) is 5.59. The van der Waals surface area contributed by atoms with Crippen LogP contribution in [0.3, 0.4) is 0 Å². The van der Waals surface area contributed by atoms with Gasteiger partial charge in [-0.3, -0.25) is 0 Å². The molecule has 118 valence electrons. The lowest BCUT2D eigenvalue weighted by atomic mass is 10.1. The first-order chi connectivity index (χ1) is 10.4.